The molecule has 0 spiro atoms. The number of aliphatic hydroxyl groups excluding tert-OH is 1. The van der Waals surface area contributed by atoms with E-state index >= 15 is 0 Å². The van der Waals surface area contributed by atoms with Crippen LogP contribution in [0.1, 0.15) is 41.7 Å². The van der Waals surface area contributed by atoms with Crippen molar-refractivity contribution in [1.29, 1.82) is 0 Å². The lowest BCUT2D eigenvalue weighted by atomic mass is 9.88. The molecule has 0 bridgehead atoms. The summed E-state index contributed by atoms with van der Waals surface area (Å²) in [7, 11) is 0. The van der Waals surface area contributed by atoms with E-state index in [1.807, 2.05) is 11.3 Å². The van der Waals surface area contributed by atoms with Gasteiger partial charge in [0.1, 0.15) is 0 Å². The molecule has 0 radical (unpaired) electrons. The quantitative estimate of drug-likeness (QED) is 0.792. The van der Waals surface area contributed by atoms with E-state index in [-0.39, 0.29) is 5.41 Å². The standard InChI is InChI=1S/C12H16OS/c13-8-12(5-6-12)10-7-14-11-4-2-1-3-9(10)11/h7,13H,1-6,8H2. The van der Waals surface area contributed by atoms with Crippen molar-refractivity contribution in [2.24, 2.45) is 0 Å². The number of fused-ring (bicyclic) bond motifs is 1. The van der Waals surface area contributed by atoms with Crippen molar-refractivity contribution in [3.05, 3.63) is 21.4 Å². The van der Waals surface area contributed by atoms with Gasteiger partial charge in [-0.2, -0.15) is 0 Å². The molecule has 2 aliphatic rings. The molecule has 0 unspecified atom stereocenters. The first-order chi connectivity index (χ1) is 6.86. The van der Waals surface area contributed by atoms with E-state index in [0.29, 0.717) is 6.61 Å². The van der Waals surface area contributed by atoms with Crippen LogP contribution in [0.4, 0.5) is 0 Å². The van der Waals surface area contributed by atoms with Crippen molar-refractivity contribution in [3.8, 4) is 0 Å². The lowest BCUT2D eigenvalue weighted by molar-refractivity contribution is 0.254. The van der Waals surface area contributed by atoms with E-state index in [1.165, 1.54) is 44.1 Å². The van der Waals surface area contributed by atoms with Crippen LogP contribution >= 0.6 is 11.3 Å². The van der Waals surface area contributed by atoms with Crippen LogP contribution in [0.2, 0.25) is 0 Å². The smallest absolute Gasteiger partial charge is 0.0528 e. The van der Waals surface area contributed by atoms with E-state index in [0.717, 1.165) is 0 Å². The molecule has 1 heterocycles. The highest BCUT2D eigenvalue weighted by atomic mass is 32.1. The number of thiophene rings is 1. The molecule has 1 aromatic rings. The number of hydrogen-bond acceptors (Lipinski definition) is 2. The normalized spacial score (nSPS) is 23.2. The third kappa shape index (κ3) is 1.17. The van der Waals surface area contributed by atoms with Gasteiger partial charge in [0.05, 0.1) is 6.61 Å². The maximum absolute atomic E-state index is 9.43. The zero-order valence-corrected chi connectivity index (χ0v) is 9.20. The van der Waals surface area contributed by atoms with Gasteiger partial charge in [-0.25, -0.2) is 0 Å². The Morgan fingerprint density at radius 3 is 2.79 bits per heavy atom. The molecular formula is C12H16OS. The molecule has 1 N–H and O–H groups in total. The summed E-state index contributed by atoms with van der Waals surface area (Å²) in [5, 5.41) is 11.8. The zero-order chi connectivity index (χ0) is 9.60. The largest absolute Gasteiger partial charge is 0.395 e. The second kappa shape index (κ2) is 3.07. The highest BCUT2D eigenvalue weighted by Crippen LogP contribution is 2.51. The van der Waals surface area contributed by atoms with E-state index < -0.39 is 0 Å². The van der Waals surface area contributed by atoms with Gasteiger partial charge in [0, 0.05) is 10.3 Å². The summed E-state index contributed by atoms with van der Waals surface area (Å²) in [6.45, 7) is 0.357. The molecule has 0 aromatic carbocycles. The highest BCUT2D eigenvalue weighted by Gasteiger charge is 2.45. The minimum Gasteiger partial charge on any atom is -0.395 e. The van der Waals surface area contributed by atoms with Crippen LogP contribution in [-0.4, -0.2) is 11.7 Å². The molecule has 3 rings (SSSR count). The molecule has 1 aromatic heterocycles. The van der Waals surface area contributed by atoms with Crippen LogP contribution in [0, 0.1) is 0 Å². The number of rotatable bonds is 2. The van der Waals surface area contributed by atoms with Gasteiger partial charge in [-0.15, -0.1) is 11.3 Å². The minimum atomic E-state index is 0.196. The monoisotopic (exact) mass is 208 g/mol. The van der Waals surface area contributed by atoms with Gasteiger partial charge in [0.2, 0.25) is 0 Å². The Morgan fingerprint density at radius 2 is 2.07 bits per heavy atom. The lowest BCUT2D eigenvalue weighted by Gasteiger charge is -2.17. The summed E-state index contributed by atoms with van der Waals surface area (Å²) >= 11 is 1.92. The van der Waals surface area contributed by atoms with Crippen molar-refractivity contribution < 1.29 is 5.11 Å². The molecule has 0 saturated heterocycles. The van der Waals surface area contributed by atoms with E-state index in [1.54, 1.807) is 10.4 Å². The summed E-state index contributed by atoms with van der Waals surface area (Å²) in [5.41, 5.74) is 3.30. The van der Waals surface area contributed by atoms with Crippen LogP contribution in [0.15, 0.2) is 5.38 Å². The summed E-state index contributed by atoms with van der Waals surface area (Å²) < 4.78 is 0. The molecule has 2 heteroatoms. The fraction of sp³-hybridized carbons (Fsp3) is 0.667. The average molecular weight is 208 g/mol. The van der Waals surface area contributed by atoms with Crippen LogP contribution in [0.25, 0.3) is 0 Å². The van der Waals surface area contributed by atoms with E-state index in [4.69, 9.17) is 0 Å². The van der Waals surface area contributed by atoms with Crippen molar-refractivity contribution in [2.45, 2.75) is 43.9 Å². The Hall–Kier alpha value is -0.340. The molecule has 1 fully saturated rings. The van der Waals surface area contributed by atoms with Crippen LogP contribution in [0.3, 0.4) is 0 Å². The molecule has 1 saturated carbocycles. The Morgan fingerprint density at radius 1 is 1.29 bits per heavy atom. The van der Waals surface area contributed by atoms with Crippen molar-refractivity contribution in [2.75, 3.05) is 6.61 Å². The van der Waals surface area contributed by atoms with Crippen LogP contribution in [-0.2, 0) is 18.3 Å². The zero-order valence-electron chi connectivity index (χ0n) is 8.38. The molecular weight excluding hydrogens is 192 g/mol. The fourth-order valence-corrected chi connectivity index (χ4v) is 3.87. The van der Waals surface area contributed by atoms with Crippen molar-refractivity contribution >= 4 is 11.3 Å². The average Bonchev–Trinajstić information content (AvgIpc) is 2.91. The van der Waals surface area contributed by atoms with E-state index in [2.05, 4.69) is 5.38 Å². The first-order valence-electron chi connectivity index (χ1n) is 5.56. The summed E-state index contributed by atoms with van der Waals surface area (Å²) in [6.07, 6.45) is 7.65. The maximum Gasteiger partial charge on any atom is 0.0528 e. The van der Waals surface area contributed by atoms with Crippen LogP contribution < -0.4 is 0 Å². The summed E-state index contributed by atoms with van der Waals surface area (Å²) in [4.78, 5) is 1.60. The van der Waals surface area contributed by atoms with Gasteiger partial charge < -0.3 is 5.11 Å². The topological polar surface area (TPSA) is 20.2 Å². The lowest BCUT2D eigenvalue weighted by Crippen LogP contribution is -2.14. The molecule has 14 heavy (non-hydrogen) atoms. The maximum atomic E-state index is 9.43. The predicted molar refractivity (Wildman–Crippen MR) is 59.0 cm³/mol. The first kappa shape index (κ1) is 8.93. The van der Waals surface area contributed by atoms with Gasteiger partial charge in [-0.05, 0) is 55.0 Å². The van der Waals surface area contributed by atoms with Gasteiger partial charge in [0.25, 0.3) is 0 Å². The predicted octanol–water partition coefficient (Wildman–Crippen LogP) is 2.65. The molecule has 1 nitrogen and oxygen atoms in total. The number of aryl methyl sites for hydroxylation is 1. The SMILES string of the molecule is OCC1(c2csc3c2CCCC3)CC1. The summed E-state index contributed by atoms with van der Waals surface area (Å²) in [5.74, 6) is 0. The van der Waals surface area contributed by atoms with Gasteiger partial charge >= 0.3 is 0 Å². The highest BCUT2D eigenvalue weighted by molar-refractivity contribution is 7.10. The van der Waals surface area contributed by atoms with Gasteiger partial charge in [-0.3, -0.25) is 0 Å². The molecule has 2 aliphatic carbocycles. The molecule has 76 valence electrons. The van der Waals surface area contributed by atoms with Crippen LogP contribution in [0.5, 0.6) is 0 Å². The second-order valence-electron chi connectivity index (χ2n) is 4.70. The molecule has 0 amide bonds. The third-order valence-electron chi connectivity index (χ3n) is 3.79. The first-order valence-corrected chi connectivity index (χ1v) is 6.44. The van der Waals surface area contributed by atoms with Gasteiger partial charge in [0.15, 0.2) is 0 Å². The minimum absolute atomic E-state index is 0.196. The Kier molecular flexibility index (Phi) is 1.96. The van der Waals surface area contributed by atoms with Crippen molar-refractivity contribution in [3.63, 3.8) is 0 Å². The van der Waals surface area contributed by atoms with E-state index in [9.17, 15) is 5.11 Å². The van der Waals surface area contributed by atoms with Gasteiger partial charge in [-0.1, -0.05) is 0 Å². The molecule has 0 aliphatic heterocycles. The Balaban J connectivity index is 2.02. The van der Waals surface area contributed by atoms with Crippen molar-refractivity contribution in [1.82, 2.24) is 0 Å². The Bertz CT molecular complexity index is 349. The molecule has 0 atom stereocenters. The number of hydrogen-bond donors (Lipinski definition) is 1. The second-order valence-corrected chi connectivity index (χ2v) is 5.66. The number of aliphatic hydroxyl groups is 1. The third-order valence-corrected chi connectivity index (χ3v) is 4.88. The Labute approximate surface area is 88.8 Å². The fourth-order valence-electron chi connectivity index (χ4n) is 2.60. The summed E-state index contributed by atoms with van der Waals surface area (Å²) in [6, 6.07) is 0.